The molecular formula is C12H21F3N2O2. The van der Waals surface area contributed by atoms with Crippen LogP contribution in [0.3, 0.4) is 0 Å². The molecule has 0 radical (unpaired) electrons. The largest absolute Gasteiger partial charge is 0.415 e. The number of carbonyl (C=O) groups excluding carboxylic acids is 1. The summed E-state index contributed by atoms with van der Waals surface area (Å²) in [4.78, 5) is 13.7. The van der Waals surface area contributed by atoms with Crippen LogP contribution in [-0.4, -0.2) is 53.9 Å². The number of likely N-dealkylation sites (tertiary alicyclic amines) is 1. The van der Waals surface area contributed by atoms with Crippen molar-refractivity contribution in [2.24, 2.45) is 0 Å². The van der Waals surface area contributed by atoms with Crippen LogP contribution >= 0.6 is 0 Å². The molecule has 4 nitrogen and oxygen atoms in total. The molecule has 1 aliphatic rings. The molecule has 2 N–H and O–H groups in total. The number of hydrogen-bond donors (Lipinski definition) is 2. The second-order valence-corrected chi connectivity index (χ2v) is 4.93. The molecule has 0 aromatic rings. The lowest BCUT2D eigenvalue weighted by Gasteiger charge is -2.25. The zero-order chi connectivity index (χ0) is 14.5. The van der Waals surface area contributed by atoms with Gasteiger partial charge in [0.05, 0.1) is 6.04 Å². The lowest BCUT2D eigenvalue weighted by Crippen LogP contribution is -2.49. The number of halogens is 3. The van der Waals surface area contributed by atoms with Crippen LogP contribution in [0.4, 0.5) is 13.2 Å². The van der Waals surface area contributed by atoms with Gasteiger partial charge in [-0.3, -0.25) is 4.79 Å². The van der Waals surface area contributed by atoms with Gasteiger partial charge in [-0.1, -0.05) is 12.8 Å². The Morgan fingerprint density at radius 3 is 2.26 bits per heavy atom. The average Bonchev–Trinajstić information content (AvgIpc) is 2.62. The molecule has 1 heterocycles. The summed E-state index contributed by atoms with van der Waals surface area (Å²) in [7, 11) is 0. The molecular weight excluding hydrogens is 261 g/mol. The molecule has 1 amide bonds. The Bertz CT molecular complexity index is 289. The highest BCUT2D eigenvalue weighted by molar-refractivity contribution is 5.81. The quantitative estimate of drug-likeness (QED) is 0.817. The van der Waals surface area contributed by atoms with Gasteiger partial charge in [0.25, 0.3) is 0 Å². The number of alkyl halides is 3. The fourth-order valence-electron chi connectivity index (χ4n) is 2.06. The van der Waals surface area contributed by atoms with E-state index in [1.165, 1.54) is 6.92 Å². The maximum atomic E-state index is 12.1. The van der Waals surface area contributed by atoms with E-state index in [0.717, 1.165) is 25.7 Å². The number of nitrogens with one attached hydrogen (secondary N) is 1. The highest BCUT2D eigenvalue weighted by atomic mass is 19.4. The van der Waals surface area contributed by atoms with Crippen molar-refractivity contribution in [2.75, 3.05) is 19.6 Å². The number of aliphatic hydroxyl groups excluding tert-OH is 1. The second kappa shape index (κ2) is 7.09. The van der Waals surface area contributed by atoms with Crippen molar-refractivity contribution < 1.29 is 23.1 Å². The maximum absolute atomic E-state index is 12.1. The number of rotatable bonds is 4. The molecule has 1 fully saturated rings. The summed E-state index contributed by atoms with van der Waals surface area (Å²) in [5, 5.41) is 11.3. The third-order valence-electron chi connectivity index (χ3n) is 3.28. The third-order valence-corrected chi connectivity index (χ3v) is 3.28. The molecule has 19 heavy (non-hydrogen) atoms. The van der Waals surface area contributed by atoms with Crippen LogP contribution in [0.1, 0.15) is 32.6 Å². The van der Waals surface area contributed by atoms with Crippen LogP contribution in [0.5, 0.6) is 0 Å². The summed E-state index contributed by atoms with van der Waals surface area (Å²) in [6.45, 7) is 2.18. The topological polar surface area (TPSA) is 52.6 Å². The molecule has 1 aliphatic heterocycles. The van der Waals surface area contributed by atoms with Crippen LogP contribution in [-0.2, 0) is 4.79 Å². The Morgan fingerprint density at radius 1 is 1.26 bits per heavy atom. The van der Waals surface area contributed by atoms with Crippen LogP contribution in [0.15, 0.2) is 0 Å². The van der Waals surface area contributed by atoms with Crippen molar-refractivity contribution in [1.82, 2.24) is 10.2 Å². The van der Waals surface area contributed by atoms with Crippen LogP contribution in [0.25, 0.3) is 0 Å². The van der Waals surface area contributed by atoms with E-state index in [1.807, 2.05) is 0 Å². The summed E-state index contributed by atoms with van der Waals surface area (Å²) in [5.74, 6) is -0.198. The summed E-state index contributed by atoms with van der Waals surface area (Å²) in [6, 6.07) is -0.713. The molecule has 0 saturated carbocycles. The van der Waals surface area contributed by atoms with Gasteiger partial charge in [0.15, 0.2) is 6.10 Å². The first-order valence-corrected chi connectivity index (χ1v) is 6.59. The Morgan fingerprint density at radius 2 is 1.79 bits per heavy atom. The normalized spacial score (nSPS) is 20.8. The summed E-state index contributed by atoms with van der Waals surface area (Å²) in [5.41, 5.74) is 0. The van der Waals surface area contributed by atoms with Crippen molar-refractivity contribution in [3.8, 4) is 0 Å². The Kier molecular flexibility index (Phi) is 6.06. The fraction of sp³-hybridized carbons (Fsp3) is 0.917. The molecule has 0 aromatic carbocycles. The number of amides is 1. The molecule has 2 unspecified atom stereocenters. The highest BCUT2D eigenvalue weighted by Gasteiger charge is 2.38. The minimum atomic E-state index is -4.65. The van der Waals surface area contributed by atoms with Crippen LogP contribution < -0.4 is 5.32 Å². The van der Waals surface area contributed by atoms with E-state index in [-0.39, 0.29) is 5.91 Å². The molecule has 0 aliphatic carbocycles. The lowest BCUT2D eigenvalue weighted by molar-refractivity contribution is -0.202. The van der Waals surface area contributed by atoms with E-state index in [4.69, 9.17) is 5.11 Å². The van der Waals surface area contributed by atoms with Gasteiger partial charge in [-0.25, -0.2) is 0 Å². The minimum Gasteiger partial charge on any atom is -0.382 e. The van der Waals surface area contributed by atoms with Crippen molar-refractivity contribution >= 4 is 5.91 Å². The predicted octanol–water partition coefficient (Wildman–Crippen LogP) is 1.29. The second-order valence-electron chi connectivity index (χ2n) is 4.93. The molecule has 0 bridgehead atoms. The number of hydrogen-bond acceptors (Lipinski definition) is 3. The average molecular weight is 282 g/mol. The minimum absolute atomic E-state index is 0.198. The first kappa shape index (κ1) is 16.2. The third kappa shape index (κ3) is 5.36. The fourth-order valence-corrected chi connectivity index (χ4v) is 2.06. The van der Waals surface area contributed by atoms with E-state index in [1.54, 1.807) is 4.90 Å². The summed E-state index contributed by atoms with van der Waals surface area (Å²) in [6.07, 6.45) is -3.06. The smallest absolute Gasteiger partial charge is 0.382 e. The molecule has 2 atom stereocenters. The van der Waals surface area contributed by atoms with Gasteiger partial charge in [-0.15, -0.1) is 0 Å². The zero-order valence-electron chi connectivity index (χ0n) is 11.0. The van der Waals surface area contributed by atoms with Gasteiger partial charge >= 0.3 is 6.18 Å². The van der Waals surface area contributed by atoms with Gasteiger partial charge in [-0.2, -0.15) is 13.2 Å². The summed E-state index contributed by atoms with van der Waals surface area (Å²) >= 11 is 0. The van der Waals surface area contributed by atoms with Gasteiger partial charge in [0.1, 0.15) is 0 Å². The van der Waals surface area contributed by atoms with Gasteiger partial charge in [-0.05, 0) is 19.8 Å². The SMILES string of the molecule is CC(NCC(O)C(F)(F)F)C(=O)N1CCCCCC1. The molecule has 1 rings (SSSR count). The molecule has 7 heteroatoms. The number of nitrogens with zero attached hydrogens (tertiary/aromatic N) is 1. The summed E-state index contributed by atoms with van der Waals surface area (Å²) < 4.78 is 36.4. The monoisotopic (exact) mass is 282 g/mol. The van der Waals surface area contributed by atoms with E-state index < -0.39 is 24.9 Å². The lowest BCUT2D eigenvalue weighted by atomic mass is 10.2. The van der Waals surface area contributed by atoms with E-state index in [9.17, 15) is 18.0 Å². The molecule has 1 saturated heterocycles. The van der Waals surface area contributed by atoms with Crippen LogP contribution in [0, 0.1) is 0 Å². The molecule has 0 aromatic heterocycles. The Hall–Kier alpha value is -0.820. The highest BCUT2D eigenvalue weighted by Crippen LogP contribution is 2.19. The molecule has 0 spiro atoms. The predicted molar refractivity (Wildman–Crippen MR) is 64.6 cm³/mol. The van der Waals surface area contributed by atoms with Crippen molar-refractivity contribution in [2.45, 2.75) is 50.9 Å². The van der Waals surface area contributed by atoms with Crippen molar-refractivity contribution in [3.05, 3.63) is 0 Å². The zero-order valence-corrected chi connectivity index (χ0v) is 11.0. The number of carbonyl (C=O) groups is 1. The first-order valence-electron chi connectivity index (χ1n) is 6.59. The van der Waals surface area contributed by atoms with Gasteiger partial charge in [0, 0.05) is 19.6 Å². The maximum Gasteiger partial charge on any atom is 0.415 e. The van der Waals surface area contributed by atoms with E-state index in [2.05, 4.69) is 5.32 Å². The molecule has 112 valence electrons. The Labute approximate surface area is 111 Å². The Balaban J connectivity index is 2.39. The standard InChI is InChI=1S/C12H21F3N2O2/c1-9(16-8-10(18)12(13,14)15)11(19)17-6-4-2-3-5-7-17/h9-10,16,18H,2-8H2,1H3. The van der Waals surface area contributed by atoms with Crippen molar-refractivity contribution in [1.29, 1.82) is 0 Å². The van der Waals surface area contributed by atoms with Crippen molar-refractivity contribution in [3.63, 3.8) is 0 Å². The van der Waals surface area contributed by atoms with Crippen LogP contribution in [0.2, 0.25) is 0 Å². The van der Waals surface area contributed by atoms with Gasteiger partial charge in [0.2, 0.25) is 5.91 Å². The van der Waals surface area contributed by atoms with Gasteiger partial charge < -0.3 is 15.3 Å². The first-order chi connectivity index (χ1) is 8.82. The van der Waals surface area contributed by atoms with E-state index in [0.29, 0.717) is 13.1 Å². The van der Waals surface area contributed by atoms with E-state index >= 15 is 0 Å². The number of aliphatic hydroxyl groups is 1.